The van der Waals surface area contributed by atoms with Crippen LogP contribution in [0.3, 0.4) is 0 Å². The van der Waals surface area contributed by atoms with Gasteiger partial charge >= 0.3 is 0 Å². The molecule has 0 atom stereocenters. The number of phenols is 2. The summed E-state index contributed by atoms with van der Waals surface area (Å²) in [6.07, 6.45) is 12.0. The van der Waals surface area contributed by atoms with E-state index in [4.69, 9.17) is 17.2 Å². The zero-order chi connectivity index (χ0) is 24.6. The van der Waals surface area contributed by atoms with Gasteiger partial charge in [-0.1, -0.05) is 36.5 Å². The van der Waals surface area contributed by atoms with Crippen LogP contribution in [0.5, 0.6) is 11.5 Å². The number of phenolic OH excluding ortho intramolecular Hbond substituents is 2. The smallest absolute Gasteiger partial charge is 0.129 e. The van der Waals surface area contributed by atoms with Crippen LogP contribution in [0.1, 0.15) is 55.2 Å². The predicted molar refractivity (Wildman–Crippen MR) is 136 cm³/mol. The Kier molecular flexibility index (Phi) is 9.46. The number of hydrogen-bond donors (Lipinski definition) is 5. The van der Waals surface area contributed by atoms with E-state index in [0.29, 0.717) is 49.7 Å². The Morgan fingerprint density at radius 2 is 0.906 bits per heavy atom. The van der Waals surface area contributed by atoms with Crippen molar-refractivity contribution in [3.05, 3.63) is 98.7 Å². The summed E-state index contributed by atoms with van der Waals surface area (Å²) >= 11 is 0. The first-order chi connectivity index (χ1) is 15.0. The van der Waals surface area contributed by atoms with E-state index < -0.39 is 16.6 Å². The second-order valence-electron chi connectivity index (χ2n) is 8.47. The molecule has 174 valence electrons. The molecule has 8 N–H and O–H groups in total. The van der Waals surface area contributed by atoms with Gasteiger partial charge in [-0.25, -0.2) is 0 Å². The Hall–Kier alpha value is -2.86. The van der Waals surface area contributed by atoms with Crippen molar-refractivity contribution in [2.24, 2.45) is 17.2 Å². The molecule has 0 saturated heterocycles. The number of aromatic hydroxyl groups is 2. The number of hydrogen-bond acceptors (Lipinski definition) is 5. The van der Waals surface area contributed by atoms with Crippen LogP contribution in [0.15, 0.2) is 82.0 Å². The lowest BCUT2D eigenvalue weighted by atomic mass is 9.70. The molecule has 0 fully saturated rings. The highest BCUT2D eigenvalue weighted by Gasteiger charge is 2.42. The normalized spacial score (nSPS) is 12.1. The zero-order valence-electron chi connectivity index (χ0n) is 19.2. The maximum Gasteiger partial charge on any atom is 0.129 e. The fourth-order valence-corrected chi connectivity index (χ4v) is 4.47. The summed E-state index contributed by atoms with van der Waals surface area (Å²) in [4.78, 5) is 0. The van der Waals surface area contributed by atoms with Crippen molar-refractivity contribution in [3.63, 3.8) is 0 Å². The van der Waals surface area contributed by atoms with Gasteiger partial charge < -0.3 is 27.4 Å². The van der Waals surface area contributed by atoms with E-state index in [0.717, 1.165) is 0 Å². The molecule has 5 nitrogen and oxygen atoms in total. The average Bonchev–Trinajstić information content (AvgIpc) is 2.68. The molecule has 0 spiro atoms. The molecule has 0 heterocycles. The van der Waals surface area contributed by atoms with Crippen molar-refractivity contribution in [1.82, 2.24) is 0 Å². The zero-order valence-corrected chi connectivity index (χ0v) is 19.2. The molecule has 0 aliphatic rings. The summed E-state index contributed by atoms with van der Waals surface area (Å²) in [5.41, 5.74) is 18.2. The van der Waals surface area contributed by atoms with Crippen molar-refractivity contribution in [2.75, 3.05) is 0 Å². The molecule has 0 bridgehead atoms. The molecule has 0 unspecified atom stereocenters. The van der Waals surface area contributed by atoms with Crippen molar-refractivity contribution in [1.29, 1.82) is 0 Å². The van der Waals surface area contributed by atoms with E-state index in [1.807, 2.05) is 0 Å². The van der Waals surface area contributed by atoms with Crippen LogP contribution in [0, 0.1) is 0 Å². The maximum atomic E-state index is 11.7. The Balaban J connectivity index is 4.22. The van der Waals surface area contributed by atoms with Crippen LogP contribution in [0.4, 0.5) is 0 Å². The summed E-state index contributed by atoms with van der Waals surface area (Å²) in [6.45, 7) is 22.9. The molecule has 0 aromatic heterocycles. The summed E-state index contributed by atoms with van der Waals surface area (Å²) in [6, 6.07) is 1.55. The standard InChI is InChI=1S/C27H39N3O2/c1-7-13-25(28,14-8-2)20-19-21(31)23(27(30,17-11-5)18-12-6)24(32)22(20)26(29,15-9-3)16-10-4/h7-12,19,31-32H,1-6,13-18,28-30H2. The third kappa shape index (κ3) is 5.30. The van der Waals surface area contributed by atoms with Gasteiger partial charge in [0.05, 0.1) is 16.6 Å². The highest BCUT2D eigenvalue weighted by atomic mass is 16.3. The minimum Gasteiger partial charge on any atom is -0.507 e. The highest BCUT2D eigenvalue weighted by Crippen LogP contribution is 2.50. The van der Waals surface area contributed by atoms with Gasteiger partial charge in [-0.2, -0.15) is 0 Å². The Morgan fingerprint density at radius 1 is 0.594 bits per heavy atom. The van der Waals surface area contributed by atoms with Crippen LogP contribution >= 0.6 is 0 Å². The monoisotopic (exact) mass is 437 g/mol. The summed E-state index contributed by atoms with van der Waals surface area (Å²) in [5, 5.41) is 22.8. The summed E-state index contributed by atoms with van der Waals surface area (Å²) in [7, 11) is 0. The molecule has 0 amide bonds. The lowest BCUT2D eigenvalue weighted by molar-refractivity contribution is 0.343. The van der Waals surface area contributed by atoms with Gasteiger partial charge in [0.25, 0.3) is 0 Å². The molecule has 1 aromatic carbocycles. The van der Waals surface area contributed by atoms with E-state index in [1.54, 1.807) is 42.5 Å². The fraction of sp³-hybridized carbons (Fsp3) is 0.333. The topological polar surface area (TPSA) is 119 Å². The van der Waals surface area contributed by atoms with Crippen LogP contribution in [-0.4, -0.2) is 10.2 Å². The Labute approximate surface area is 193 Å². The molecular weight excluding hydrogens is 398 g/mol. The van der Waals surface area contributed by atoms with Crippen LogP contribution in [0.25, 0.3) is 0 Å². The van der Waals surface area contributed by atoms with Gasteiger partial charge in [0, 0.05) is 11.1 Å². The molecule has 5 heteroatoms. The summed E-state index contributed by atoms with van der Waals surface area (Å²) in [5.74, 6) is -0.365. The second kappa shape index (κ2) is 11.1. The number of nitrogens with two attached hydrogens (primary N) is 3. The molecule has 0 saturated carbocycles. The molecule has 1 rings (SSSR count). The molecule has 1 aromatic rings. The van der Waals surface area contributed by atoms with Gasteiger partial charge in [-0.15, -0.1) is 39.5 Å². The predicted octanol–water partition coefficient (Wildman–Crippen LogP) is 5.02. The van der Waals surface area contributed by atoms with Gasteiger partial charge in [-0.3, -0.25) is 0 Å². The number of rotatable bonds is 15. The second-order valence-corrected chi connectivity index (χ2v) is 8.47. The third-order valence-electron chi connectivity index (χ3n) is 5.86. The minimum absolute atomic E-state index is 0.171. The highest BCUT2D eigenvalue weighted by molar-refractivity contribution is 5.61. The lowest BCUT2D eigenvalue weighted by Gasteiger charge is -2.40. The lowest BCUT2D eigenvalue weighted by Crippen LogP contribution is -2.44. The SMILES string of the molecule is C=CCC(N)(CC=C)c1cc(O)c(C(N)(CC=C)CC=C)c(O)c1C(N)(CC=C)CC=C. The van der Waals surface area contributed by atoms with E-state index in [-0.39, 0.29) is 17.1 Å². The summed E-state index contributed by atoms with van der Waals surface area (Å²) < 4.78 is 0. The largest absolute Gasteiger partial charge is 0.507 e. The first-order valence-corrected chi connectivity index (χ1v) is 10.7. The van der Waals surface area contributed by atoms with E-state index in [1.165, 1.54) is 0 Å². The molecule has 32 heavy (non-hydrogen) atoms. The first kappa shape index (κ1) is 27.2. The quantitative estimate of drug-likeness (QED) is 0.247. The van der Waals surface area contributed by atoms with E-state index >= 15 is 0 Å². The van der Waals surface area contributed by atoms with Gasteiger partial charge in [0.15, 0.2) is 0 Å². The van der Waals surface area contributed by atoms with Gasteiger partial charge in [-0.05, 0) is 50.2 Å². The molecule has 0 radical (unpaired) electrons. The molecular formula is C27H39N3O2. The number of benzene rings is 1. The van der Waals surface area contributed by atoms with Crippen LogP contribution in [-0.2, 0) is 16.6 Å². The average molecular weight is 438 g/mol. The molecule has 0 aliphatic heterocycles. The van der Waals surface area contributed by atoms with Crippen LogP contribution < -0.4 is 17.2 Å². The Morgan fingerprint density at radius 3 is 1.25 bits per heavy atom. The Bertz CT molecular complexity index is 855. The van der Waals surface area contributed by atoms with Crippen molar-refractivity contribution < 1.29 is 10.2 Å². The first-order valence-electron chi connectivity index (χ1n) is 10.7. The van der Waals surface area contributed by atoms with E-state index in [9.17, 15) is 10.2 Å². The third-order valence-corrected chi connectivity index (χ3v) is 5.86. The van der Waals surface area contributed by atoms with Crippen LogP contribution in [0.2, 0.25) is 0 Å². The van der Waals surface area contributed by atoms with E-state index in [2.05, 4.69) is 39.5 Å². The van der Waals surface area contributed by atoms with Crippen molar-refractivity contribution >= 4 is 0 Å². The van der Waals surface area contributed by atoms with Crippen molar-refractivity contribution in [2.45, 2.75) is 55.1 Å². The minimum atomic E-state index is -1.14. The van der Waals surface area contributed by atoms with Gasteiger partial charge in [0.2, 0.25) is 0 Å². The molecule has 0 aliphatic carbocycles. The van der Waals surface area contributed by atoms with Gasteiger partial charge in [0.1, 0.15) is 11.5 Å². The fourth-order valence-electron chi connectivity index (χ4n) is 4.47. The van der Waals surface area contributed by atoms with Crippen molar-refractivity contribution in [3.8, 4) is 11.5 Å². The maximum absolute atomic E-state index is 11.7.